The Bertz CT molecular complexity index is 519. The van der Waals surface area contributed by atoms with Crippen LogP contribution in [0.2, 0.25) is 0 Å². The molecule has 0 aliphatic carbocycles. The first-order valence-corrected chi connectivity index (χ1v) is 5.97. The molecule has 8 heteroatoms. The number of thiocarbonyl (C=S) groups is 2. The maximum Gasteiger partial charge on any atom is 0.279 e. The molecule has 0 unspecified atom stereocenters. The lowest BCUT2D eigenvalue weighted by Gasteiger charge is -2.31. The van der Waals surface area contributed by atoms with Crippen LogP contribution in [-0.2, 0) is 4.79 Å². The van der Waals surface area contributed by atoms with E-state index in [1.54, 1.807) is 30.3 Å². The minimum Gasteiger partial charge on any atom is -0.374 e. The summed E-state index contributed by atoms with van der Waals surface area (Å²) in [5.41, 5.74) is 11.2. The van der Waals surface area contributed by atoms with Gasteiger partial charge in [0.1, 0.15) is 0 Å². The van der Waals surface area contributed by atoms with Gasteiger partial charge in [-0.2, -0.15) is 10.0 Å². The number of carbonyl (C=O) groups excluding carboxylic acids is 2. The lowest BCUT2D eigenvalue weighted by Crippen LogP contribution is -2.58. The zero-order valence-electron chi connectivity index (χ0n) is 10.1. The maximum absolute atomic E-state index is 12.3. The average Bonchev–Trinajstić information content (AvgIpc) is 2.34. The number of nitrogens with two attached hydrogens (primary N) is 2. The summed E-state index contributed by atoms with van der Waals surface area (Å²) in [6.45, 7) is 1.20. The van der Waals surface area contributed by atoms with Gasteiger partial charge in [-0.1, -0.05) is 18.2 Å². The second-order valence-corrected chi connectivity index (χ2v) is 4.33. The first-order chi connectivity index (χ1) is 8.86. The monoisotopic (exact) mass is 296 g/mol. The molecule has 0 radical (unpaired) electrons. The zero-order valence-corrected chi connectivity index (χ0v) is 11.7. The molecule has 6 nitrogen and oxygen atoms in total. The van der Waals surface area contributed by atoms with Crippen LogP contribution in [0.3, 0.4) is 0 Å². The van der Waals surface area contributed by atoms with Gasteiger partial charge in [-0.25, -0.2) is 0 Å². The number of nitrogens with zero attached hydrogens (tertiary/aromatic N) is 2. The molecule has 4 N–H and O–H groups in total. The van der Waals surface area contributed by atoms with Gasteiger partial charge >= 0.3 is 0 Å². The van der Waals surface area contributed by atoms with Gasteiger partial charge in [0.05, 0.1) is 0 Å². The van der Waals surface area contributed by atoms with E-state index < -0.39 is 11.8 Å². The van der Waals surface area contributed by atoms with Crippen molar-refractivity contribution in [2.75, 3.05) is 0 Å². The van der Waals surface area contributed by atoms with Crippen molar-refractivity contribution in [1.82, 2.24) is 10.0 Å². The van der Waals surface area contributed by atoms with Crippen molar-refractivity contribution >= 4 is 46.5 Å². The fraction of sp³-hybridized carbons (Fsp3) is 0.0909. The first-order valence-electron chi connectivity index (χ1n) is 5.15. The molecule has 0 aliphatic rings. The Morgan fingerprint density at radius 3 is 1.84 bits per heavy atom. The molecule has 0 heterocycles. The van der Waals surface area contributed by atoms with Crippen molar-refractivity contribution in [2.45, 2.75) is 6.92 Å². The van der Waals surface area contributed by atoms with Crippen LogP contribution in [-0.4, -0.2) is 32.1 Å². The Balaban J connectivity index is 3.21. The lowest BCUT2D eigenvalue weighted by molar-refractivity contribution is -0.131. The number of rotatable bonds is 1. The number of hydrazine groups is 1. The quantitative estimate of drug-likeness (QED) is 0.575. The largest absolute Gasteiger partial charge is 0.374 e. The third kappa shape index (κ3) is 3.46. The van der Waals surface area contributed by atoms with E-state index in [1.807, 2.05) is 0 Å². The van der Waals surface area contributed by atoms with Crippen LogP contribution in [0, 0.1) is 0 Å². The molecule has 0 atom stereocenters. The van der Waals surface area contributed by atoms with Gasteiger partial charge in [-0.05, 0) is 36.6 Å². The lowest BCUT2D eigenvalue weighted by atomic mass is 10.2. The predicted molar refractivity (Wildman–Crippen MR) is 78.7 cm³/mol. The molecule has 1 rings (SSSR count). The predicted octanol–water partition coefficient (Wildman–Crippen LogP) is 0.379. The Morgan fingerprint density at radius 1 is 1.00 bits per heavy atom. The summed E-state index contributed by atoms with van der Waals surface area (Å²) >= 11 is 9.51. The van der Waals surface area contributed by atoms with Gasteiger partial charge in [0.2, 0.25) is 5.91 Å². The highest BCUT2D eigenvalue weighted by Crippen LogP contribution is 2.08. The molecule has 19 heavy (non-hydrogen) atoms. The SMILES string of the molecule is CC(=O)N(C(N)=S)N(C(=O)c1ccccc1)C(N)=S. The van der Waals surface area contributed by atoms with Gasteiger partial charge in [0.25, 0.3) is 5.91 Å². The number of benzene rings is 1. The molecule has 0 aliphatic heterocycles. The van der Waals surface area contributed by atoms with Crippen molar-refractivity contribution in [3.05, 3.63) is 35.9 Å². The zero-order chi connectivity index (χ0) is 14.6. The molecule has 0 spiro atoms. The van der Waals surface area contributed by atoms with Gasteiger partial charge in [-0.3, -0.25) is 9.59 Å². The van der Waals surface area contributed by atoms with E-state index in [0.29, 0.717) is 5.56 Å². The van der Waals surface area contributed by atoms with Crippen molar-refractivity contribution in [3.63, 3.8) is 0 Å². The number of hydrogen-bond donors (Lipinski definition) is 2. The minimum atomic E-state index is -0.587. The van der Waals surface area contributed by atoms with Crippen molar-refractivity contribution in [3.8, 4) is 0 Å². The second-order valence-electron chi connectivity index (χ2n) is 3.49. The molecule has 0 saturated heterocycles. The Morgan fingerprint density at radius 2 is 1.47 bits per heavy atom. The van der Waals surface area contributed by atoms with Crippen molar-refractivity contribution < 1.29 is 9.59 Å². The third-order valence-corrected chi connectivity index (χ3v) is 2.47. The molecule has 2 amide bonds. The smallest absolute Gasteiger partial charge is 0.279 e. The van der Waals surface area contributed by atoms with E-state index in [4.69, 9.17) is 35.9 Å². The average molecular weight is 296 g/mol. The molecule has 1 aromatic rings. The summed E-state index contributed by atoms with van der Waals surface area (Å²) in [7, 11) is 0. The summed E-state index contributed by atoms with van der Waals surface area (Å²) in [4.78, 5) is 23.8. The Hall–Kier alpha value is -2.06. The molecule has 0 fully saturated rings. The summed E-state index contributed by atoms with van der Waals surface area (Å²) < 4.78 is 0. The second kappa shape index (κ2) is 6.21. The number of carbonyl (C=O) groups is 2. The molecule has 0 aromatic heterocycles. The van der Waals surface area contributed by atoms with E-state index in [2.05, 4.69) is 0 Å². The van der Waals surface area contributed by atoms with Gasteiger partial charge in [-0.15, -0.1) is 0 Å². The standard InChI is InChI=1S/C11H12N4O2S2/c1-7(16)14(10(12)18)15(11(13)19)9(17)8-5-3-2-4-6-8/h2-6H,1H3,(H2,12,18)(H2,13,19). The maximum atomic E-state index is 12.3. The summed E-state index contributed by atoms with van der Waals surface area (Å²) in [6.07, 6.45) is 0. The molecular weight excluding hydrogens is 284 g/mol. The van der Waals surface area contributed by atoms with Crippen LogP contribution >= 0.6 is 24.4 Å². The molecule has 0 saturated carbocycles. The normalized spacial score (nSPS) is 9.53. The van der Waals surface area contributed by atoms with E-state index in [1.165, 1.54) is 6.92 Å². The first kappa shape index (κ1) is 15.0. The van der Waals surface area contributed by atoms with E-state index >= 15 is 0 Å². The molecule has 1 aromatic carbocycles. The van der Waals surface area contributed by atoms with E-state index in [0.717, 1.165) is 10.0 Å². The van der Waals surface area contributed by atoms with Crippen LogP contribution in [0.4, 0.5) is 0 Å². The van der Waals surface area contributed by atoms with Crippen molar-refractivity contribution in [2.24, 2.45) is 11.5 Å². The van der Waals surface area contributed by atoms with Crippen LogP contribution in [0.5, 0.6) is 0 Å². The van der Waals surface area contributed by atoms with Crippen molar-refractivity contribution in [1.29, 1.82) is 0 Å². The fourth-order valence-corrected chi connectivity index (χ4v) is 1.76. The molecule has 100 valence electrons. The highest BCUT2D eigenvalue weighted by Gasteiger charge is 2.29. The Labute approximate surface area is 120 Å². The van der Waals surface area contributed by atoms with Gasteiger partial charge in [0, 0.05) is 12.5 Å². The third-order valence-electron chi connectivity index (χ3n) is 2.13. The van der Waals surface area contributed by atoms with Crippen LogP contribution in [0.25, 0.3) is 0 Å². The highest BCUT2D eigenvalue weighted by atomic mass is 32.1. The summed E-state index contributed by atoms with van der Waals surface area (Å²) in [6, 6.07) is 8.21. The van der Waals surface area contributed by atoms with Crippen LogP contribution in [0.15, 0.2) is 30.3 Å². The molecular formula is C11H12N4O2S2. The fourth-order valence-electron chi connectivity index (χ4n) is 1.39. The molecule has 0 bridgehead atoms. The van der Waals surface area contributed by atoms with Gasteiger partial charge in [0.15, 0.2) is 10.2 Å². The van der Waals surface area contributed by atoms with Gasteiger partial charge < -0.3 is 11.5 Å². The topological polar surface area (TPSA) is 92.7 Å². The summed E-state index contributed by atoms with van der Waals surface area (Å²) in [5, 5.41) is 0.893. The van der Waals surface area contributed by atoms with E-state index in [9.17, 15) is 9.59 Å². The highest BCUT2D eigenvalue weighted by molar-refractivity contribution is 7.80. The number of hydrogen-bond acceptors (Lipinski definition) is 4. The van der Waals surface area contributed by atoms with Crippen LogP contribution in [0.1, 0.15) is 17.3 Å². The number of amides is 2. The Kier molecular flexibility index (Phi) is 4.90. The van der Waals surface area contributed by atoms with Crippen LogP contribution < -0.4 is 11.5 Å². The summed E-state index contributed by atoms with van der Waals surface area (Å²) in [5.74, 6) is -1.15. The van der Waals surface area contributed by atoms with E-state index in [-0.39, 0.29) is 10.2 Å². The minimum absolute atomic E-state index is 0.304.